The molecule has 0 spiro atoms. The molecular formula is C17H20N2OS. The van der Waals surface area contributed by atoms with Gasteiger partial charge in [0.1, 0.15) is 0 Å². The van der Waals surface area contributed by atoms with Gasteiger partial charge in [0.2, 0.25) is 0 Å². The number of piperidine rings is 1. The van der Waals surface area contributed by atoms with Gasteiger partial charge in [0.25, 0.3) is 5.91 Å². The molecule has 3 rings (SSSR count). The van der Waals surface area contributed by atoms with E-state index in [-0.39, 0.29) is 5.91 Å². The van der Waals surface area contributed by atoms with E-state index in [0.717, 1.165) is 37.2 Å². The van der Waals surface area contributed by atoms with Crippen LogP contribution in [0, 0.1) is 0 Å². The molecule has 1 aliphatic rings. The molecule has 1 aliphatic heterocycles. The number of hydrogen-bond donors (Lipinski definition) is 2. The van der Waals surface area contributed by atoms with Crippen molar-refractivity contribution in [2.45, 2.75) is 25.2 Å². The molecule has 0 unspecified atom stereocenters. The van der Waals surface area contributed by atoms with Gasteiger partial charge < -0.3 is 11.1 Å². The van der Waals surface area contributed by atoms with Gasteiger partial charge >= 0.3 is 0 Å². The number of nitrogens with two attached hydrogens (primary N) is 1. The van der Waals surface area contributed by atoms with E-state index in [0.29, 0.717) is 5.92 Å². The van der Waals surface area contributed by atoms with Gasteiger partial charge in [-0.3, -0.25) is 4.79 Å². The van der Waals surface area contributed by atoms with Gasteiger partial charge in [-0.25, -0.2) is 0 Å². The Labute approximate surface area is 129 Å². The predicted octanol–water partition coefficient (Wildman–Crippen LogP) is 2.90. The molecule has 2 heterocycles. The fourth-order valence-corrected chi connectivity index (χ4v) is 4.12. The molecule has 110 valence electrons. The molecule has 1 amide bonds. The van der Waals surface area contributed by atoms with Crippen LogP contribution in [0.25, 0.3) is 0 Å². The van der Waals surface area contributed by atoms with Crippen LogP contribution in [0.15, 0.2) is 35.7 Å². The molecule has 1 aromatic heterocycles. The molecule has 0 atom stereocenters. The standard InChI is InChI=1S/C17H20N2OS/c18-17(20)16-15(13-6-8-19-9-7-13)14(11-21-16)10-12-4-2-1-3-5-12/h1-5,11,13,19H,6-10H2,(H2,18,20). The first-order valence-electron chi connectivity index (χ1n) is 7.40. The molecular weight excluding hydrogens is 280 g/mol. The highest BCUT2D eigenvalue weighted by Gasteiger charge is 2.25. The second-order valence-corrected chi connectivity index (χ2v) is 6.43. The maximum absolute atomic E-state index is 11.7. The summed E-state index contributed by atoms with van der Waals surface area (Å²) >= 11 is 1.50. The Morgan fingerprint density at radius 1 is 1.24 bits per heavy atom. The van der Waals surface area contributed by atoms with E-state index in [1.807, 2.05) is 6.07 Å². The summed E-state index contributed by atoms with van der Waals surface area (Å²) in [5.74, 6) is 0.173. The number of rotatable bonds is 4. The van der Waals surface area contributed by atoms with Crippen LogP contribution in [0.4, 0.5) is 0 Å². The van der Waals surface area contributed by atoms with Gasteiger partial charge in [0, 0.05) is 0 Å². The minimum atomic E-state index is -0.284. The van der Waals surface area contributed by atoms with E-state index < -0.39 is 0 Å². The van der Waals surface area contributed by atoms with E-state index in [9.17, 15) is 4.79 Å². The lowest BCUT2D eigenvalue weighted by atomic mass is 9.86. The number of nitrogens with one attached hydrogen (secondary N) is 1. The number of benzene rings is 1. The van der Waals surface area contributed by atoms with Crippen molar-refractivity contribution in [1.82, 2.24) is 5.32 Å². The quantitative estimate of drug-likeness (QED) is 0.912. The van der Waals surface area contributed by atoms with E-state index in [1.165, 1.54) is 28.0 Å². The SMILES string of the molecule is NC(=O)c1scc(Cc2ccccc2)c1C1CCNCC1. The summed E-state index contributed by atoms with van der Waals surface area (Å²) in [4.78, 5) is 12.5. The van der Waals surface area contributed by atoms with Crippen molar-refractivity contribution in [3.05, 3.63) is 57.3 Å². The Morgan fingerprint density at radius 2 is 1.95 bits per heavy atom. The lowest BCUT2D eigenvalue weighted by Gasteiger charge is -2.24. The van der Waals surface area contributed by atoms with Crippen LogP contribution >= 0.6 is 11.3 Å². The van der Waals surface area contributed by atoms with Crippen molar-refractivity contribution in [3.8, 4) is 0 Å². The second kappa shape index (κ2) is 6.41. The molecule has 0 bridgehead atoms. The summed E-state index contributed by atoms with van der Waals surface area (Å²) < 4.78 is 0. The Kier molecular flexibility index (Phi) is 4.36. The largest absolute Gasteiger partial charge is 0.365 e. The van der Waals surface area contributed by atoms with Gasteiger partial charge in [-0.15, -0.1) is 11.3 Å². The Balaban J connectivity index is 1.94. The first-order chi connectivity index (χ1) is 10.3. The molecule has 0 radical (unpaired) electrons. The van der Waals surface area contributed by atoms with Gasteiger partial charge in [0.15, 0.2) is 0 Å². The molecule has 1 saturated heterocycles. The lowest BCUT2D eigenvalue weighted by molar-refractivity contribution is 0.100. The summed E-state index contributed by atoms with van der Waals surface area (Å²) in [6.45, 7) is 2.03. The van der Waals surface area contributed by atoms with Crippen LogP contribution in [0.5, 0.6) is 0 Å². The minimum absolute atomic E-state index is 0.284. The number of carbonyl (C=O) groups excluding carboxylic acids is 1. The van der Waals surface area contributed by atoms with Crippen LogP contribution in [-0.2, 0) is 6.42 Å². The summed E-state index contributed by atoms with van der Waals surface area (Å²) in [6.07, 6.45) is 3.04. The van der Waals surface area contributed by atoms with Crippen molar-refractivity contribution in [3.63, 3.8) is 0 Å². The molecule has 3 nitrogen and oxygen atoms in total. The first kappa shape index (κ1) is 14.3. The summed E-state index contributed by atoms with van der Waals surface area (Å²) in [6, 6.07) is 10.4. The molecule has 0 aliphatic carbocycles. The fraction of sp³-hybridized carbons (Fsp3) is 0.353. The van der Waals surface area contributed by atoms with E-state index >= 15 is 0 Å². The normalized spacial score (nSPS) is 16.0. The topological polar surface area (TPSA) is 55.1 Å². The summed E-state index contributed by atoms with van der Waals surface area (Å²) in [7, 11) is 0. The monoisotopic (exact) mass is 300 g/mol. The van der Waals surface area contributed by atoms with Crippen LogP contribution in [0.2, 0.25) is 0 Å². The Bertz CT molecular complexity index is 615. The van der Waals surface area contributed by atoms with Crippen LogP contribution in [0.3, 0.4) is 0 Å². The summed E-state index contributed by atoms with van der Waals surface area (Å²) in [5.41, 5.74) is 9.34. The number of thiophene rings is 1. The van der Waals surface area contributed by atoms with E-state index in [2.05, 4.69) is 35.0 Å². The number of hydrogen-bond acceptors (Lipinski definition) is 3. The van der Waals surface area contributed by atoms with Crippen molar-refractivity contribution < 1.29 is 4.79 Å². The number of primary amides is 1. The summed E-state index contributed by atoms with van der Waals surface area (Å²) in [5, 5.41) is 5.50. The fourth-order valence-electron chi connectivity index (χ4n) is 3.10. The van der Waals surface area contributed by atoms with Gasteiger partial charge in [-0.05, 0) is 60.3 Å². The second-order valence-electron chi connectivity index (χ2n) is 5.55. The average molecular weight is 300 g/mol. The zero-order valence-corrected chi connectivity index (χ0v) is 12.8. The van der Waals surface area contributed by atoms with Crippen LogP contribution in [-0.4, -0.2) is 19.0 Å². The van der Waals surface area contributed by atoms with Crippen molar-refractivity contribution in [2.75, 3.05) is 13.1 Å². The van der Waals surface area contributed by atoms with Gasteiger partial charge in [-0.1, -0.05) is 30.3 Å². The molecule has 1 fully saturated rings. The van der Waals surface area contributed by atoms with Crippen LogP contribution < -0.4 is 11.1 Å². The molecule has 4 heteroatoms. The highest BCUT2D eigenvalue weighted by Crippen LogP contribution is 2.35. The third-order valence-corrected chi connectivity index (χ3v) is 5.18. The van der Waals surface area contributed by atoms with Crippen molar-refractivity contribution in [1.29, 1.82) is 0 Å². The maximum atomic E-state index is 11.7. The van der Waals surface area contributed by atoms with E-state index in [1.54, 1.807) is 0 Å². The third kappa shape index (κ3) is 3.17. The van der Waals surface area contributed by atoms with Gasteiger partial charge in [-0.2, -0.15) is 0 Å². The molecule has 0 saturated carbocycles. The number of carbonyl (C=O) groups is 1. The zero-order chi connectivity index (χ0) is 14.7. The minimum Gasteiger partial charge on any atom is -0.365 e. The highest BCUT2D eigenvalue weighted by molar-refractivity contribution is 7.12. The van der Waals surface area contributed by atoms with E-state index in [4.69, 9.17) is 5.73 Å². The zero-order valence-electron chi connectivity index (χ0n) is 12.0. The highest BCUT2D eigenvalue weighted by atomic mass is 32.1. The Morgan fingerprint density at radius 3 is 2.62 bits per heavy atom. The smallest absolute Gasteiger partial charge is 0.259 e. The van der Waals surface area contributed by atoms with Crippen molar-refractivity contribution >= 4 is 17.2 Å². The lowest BCUT2D eigenvalue weighted by Crippen LogP contribution is -2.28. The molecule has 1 aromatic carbocycles. The van der Waals surface area contributed by atoms with Crippen molar-refractivity contribution in [2.24, 2.45) is 5.73 Å². The van der Waals surface area contributed by atoms with Gasteiger partial charge in [0.05, 0.1) is 4.88 Å². The molecule has 21 heavy (non-hydrogen) atoms. The number of amides is 1. The predicted molar refractivity (Wildman–Crippen MR) is 86.9 cm³/mol. The first-order valence-corrected chi connectivity index (χ1v) is 8.28. The maximum Gasteiger partial charge on any atom is 0.259 e. The average Bonchev–Trinajstić information content (AvgIpc) is 2.93. The van der Waals surface area contributed by atoms with Crippen LogP contribution in [0.1, 0.15) is 45.1 Å². The molecule has 3 N–H and O–H groups in total. The Hall–Kier alpha value is -1.65. The molecule has 2 aromatic rings. The third-order valence-electron chi connectivity index (χ3n) is 4.12.